The molecule has 0 bridgehead atoms. The average Bonchev–Trinajstić information content (AvgIpc) is 2.41. The van der Waals surface area contributed by atoms with Gasteiger partial charge < -0.3 is 5.11 Å². The fourth-order valence-corrected chi connectivity index (χ4v) is 1.36. The third-order valence-corrected chi connectivity index (χ3v) is 2.47. The number of phenolic OH excluding ortho intramolecular Hbond substituents is 1. The van der Waals surface area contributed by atoms with E-state index in [0.717, 1.165) is 5.56 Å². The van der Waals surface area contributed by atoms with Crippen molar-refractivity contribution in [2.24, 2.45) is 0 Å². The third kappa shape index (κ3) is 4.30. The number of para-hydroxylation sites is 1. The lowest BCUT2D eigenvalue weighted by Crippen LogP contribution is -1.71. The van der Waals surface area contributed by atoms with Crippen molar-refractivity contribution < 1.29 is 5.11 Å². The van der Waals surface area contributed by atoms with Crippen LogP contribution in [0, 0.1) is 6.92 Å². The van der Waals surface area contributed by atoms with Gasteiger partial charge in [0, 0.05) is 5.56 Å². The first-order valence-electron chi connectivity index (χ1n) is 5.77. The molecule has 0 unspecified atom stereocenters. The Morgan fingerprint density at radius 3 is 1.94 bits per heavy atom. The van der Waals surface area contributed by atoms with Crippen molar-refractivity contribution in [3.8, 4) is 5.75 Å². The van der Waals surface area contributed by atoms with Crippen molar-refractivity contribution in [1.29, 1.82) is 0 Å². The second-order valence-corrected chi connectivity index (χ2v) is 3.88. The number of phenols is 1. The zero-order valence-corrected chi connectivity index (χ0v) is 10.6. The number of hydrogen-bond donors (Lipinski definition) is 1. The van der Waals surface area contributed by atoms with Crippen molar-refractivity contribution in [3.63, 3.8) is 0 Å². The minimum Gasteiger partial charge on any atom is -0.507 e. The maximum Gasteiger partial charge on any atom is 0.122 e. The molecular weight excluding hydrogens is 220 g/mol. The van der Waals surface area contributed by atoms with Crippen LogP contribution in [0.1, 0.15) is 16.7 Å². The molecule has 92 valence electrons. The molecule has 0 aliphatic carbocycles. The minimum absolute atomic E-state index is 0.285. The Bertz CT molecular complexity index is 509. The molecule has 1 nitrogen and oxygen atoms in total. The predicted molar refractivity (Wildman–Crippen MR) is 79.5 cm³/mol. The van der Waals surface area contributed by atoms with E-state index in [1.165, 1.54) is 11.1 Å². The van der Waals surface area contributed by atoms with Crippen molar-refractivity contribution in [2.75, 3.05) is 0 Å². The van der Waals surface area contributed by atoms with Crippen molar-refractivity contribution in [3.05, 3.63) is 78.4 Å². The van der Waals surface area contributed by atoms with Crippen molar-refractivity contribution in [2.45, 2.75) is 6.92 Å². The highest BCUT2D eigenvalue weighted by molar-refractivity contribution is 5.54. The van der Waals surface area contributed by atoms with Crippen LogP contribution < -0.4 is 0 Å². The Kier molecular flexibility index (Phi) is 5.46. The van der Waals surface area contributed by atoms with E-state index in [1.54, 1.807) is 18.2 Å². The van der Waals surface area contributed by atoms with Gasteiger partial charge in [0.15, 0.2) is 0 Å². The van der Waals surface area contributed by atoms with Gasteiger partial charge >= 0.3 is 0 Å². The lowest BCUT2D eigenvalue weighted by atomic mass is 10.2. The summed E-state index contributed by atoms with van der Waals surface area (Å²) in [6.45, 7) is 9.27. The van der Waals surface area contributed by atoms with Crippen LogP contribution in [0.5, 0.6) is 5.75 Å². The van der Waals surface area contributed by atoms with E-state index in [1.807, 2.05) is 18.2 Å². The molecule has 0 saturated carbocycles. The molecule has 0 amide bonds. The fourth-order valence-electron chi connectivity index (χ4n) is 1.36. The first-order valence-corrected chi connectivity index (χ1v) is 5.77. The van der Waals surface area contributed by atoms with Gasteiger partial charge in [-0.25, -0.2) is 0 Å². The van der Waals surface area contributed by atoms with E-state index in [4.69, 9.17) is 5.11 Å². The minimum atomic E-state index is 0.285. The molecule has 1 N–H and O–H groups in total. The second-order valence-electron chi connectivity index (χ2n) is 3.88. The molecule has 0 spiro atoms. The number of rotatable bonds is 2. The fraction of sp³-hybridized carbons (Fsp3) is 0.0588. The highest BCUT2D eigenvalue weighted by Gasteiger charge is 1.89. The summed E-state index contributed by atoms with van der Waals surface area (Å²) in [7, 11) is 0. The summed E-state index contributed by atoms with van der Waals surface area (Å²) in [5.74, 6) is 0.285. The van der Waals surface area contributed by atoms with E-state index in [9.17, 15) is 0 Å². The van der Waals surface area contributed by atoms with Crippen LogP contribution in [0.25, 0.3) is 12.2 Å². The maximum absolute atomic E-state index is 9.04. The Labute approximate surface area is 109 Å². The number of aromatic hydroxyl groups is 1. The molecule has 2 aromatic carbocycles. The van der Waals surface area contributed by atoms with Crippen LogP contribution in [0.3, 0.4) is 0 Å². The molecular formula is C17H18O. The van der Waals surface area contributed by atoms with E-state index >= 15 is 0 Å². The van der Waals surface area contributed by atoms with Gasteiger partial charge in [-0.05, 0) is 18.6 Å². The summed E-state index contributed by atoms with van der Waals surface area (Å²) in [4.78, 5) is 0. The number of benzene rings is 2. The Hall–Kier alpha value is -2.28. The zero-order valence-electron chi connectivity index (χ0n) is 10.6. The van der Waals surface area contributed by atoms with Crippen LogP contribution in [0.2, 0.25) is 0 Å². The van der Waals surface area contributed by atoms with E-state index in [2.05, 4.69) is 44.3 Å². The SMILES string of the molecule is C=Cc1ccc(C)cc1.C=Cc1ccccc1O. The maximum atomic E-state index is 9.04. The third-order valence-electron chi connectivity index (χ3n) is 2.47. The summed E-state index contributed by atoms with van der Waals surface area (Å²) < 4.78 is 0. The second kappa shape index (κ2) is 7.13. The number of hydrogen-bond acceptors (Lipinski definition) is 1. The zero-order chi connectivity index (χ0) is 13.4. The standard InChI is InChI=1S/C9H10.C8H8O/c1-3-9-6-4-8(2)5-7-9;1-2-7-5-3-4-6-8(7)9/h3-7H,1H2,2H3;2-6,9H,1H2. The van der Waals surface area contributed by atoms with Crippen LogP contribution in [0.15, 0.2) is 61.7 Å². The highest BCUT2D eigenvalue weighted by Crippen LogP contribution is 2.15. The molecule has 0 radical (unpaired) electrons. The summed E-state index contributed by atoms with van der Waals surface area (Å²) in [6, 6.07) is 15.4. The monoisotopic (exact) mass is 238 g/mol. The first kappa shape index (κ1) is 13.8. The van der Waals surface area contributed by atoms with Crippen molar-refractivity contribution >= 4 is 12.2 Å². The molecule has 0 saturated heterocycles. The van der Waals surface area contributed by atoms with Crippen LogP contribution in [-0.2, 0) is 0 Å². The summed E-state index contributed by atoms with van der Waals surface area (Å²) in [5, 5.41) is 9.04. The molecule has 0 atom stereocenters. The lowest BCUT2D eigenvalue weighted by molar-refractivity contribution is 0.474. The summed E-state index contributed by atoms with van der Waals surface area (Å²) in [6.07, 6.45) is 3.47. The molecule has 0 fully saturated rings. The molecule has 2 aromatic rings. The molecule has 0 aliphatic rings. The van der Waals surface area contributed by atoms with Crippen molar-refractivity contribution in [1.82, 2.24) is 0 Å². The van der Waals surface area contributed by atoms with Crippen LogP contribution >= 0.6 is 0 Å². The van der Waals surface area contributed by atoms with Gasteiger partial charge in [0.25, 0.3) is 0 Å². The highest BCUT2D eigenvalue weighted by atomic mass is 16.3. The van der Waals surface area contributed by atoms with Crippen LogP contribution in [0.4, 0.5) is 0 Å². The van der Waals surface area contributed by atoms with Gasteiger partial charge in [-0.15, -0.1) is 0 Å². The van der Waals surface area contributed by atoms with Gasteiger partial charge in [-0.1, -0.05) is 73.3 Å². The number of aryl methyl sites for hydroxylation is 1. The van der Waals surface area contributed by atoms with Gasteiger partial charge in [-0.2, -0.15) is 0 Å². The van der Waals surface area contributed by atoms with E-state index < -0.39 is 0 Å². The topological polar surface area (TPSA) is 20.2 Å². The molecule has 0 heterocycles. The largest absolute Gasteiger partial charge is 0.507 e. The van der Waals surface area contributed by atoms with Gasteiger partial charge in [0.05, 0.1) is 0 Å². The van der Waals surface area contributed by atoms with Crippen LogP contribution in [-0.4, -0.2) is 5.11 Å². The quantitative estimate of drug-likeness (QED) is 0.805. The van der Waals surface area contributed by atoms with Gasteiger partial charge in [-0.3, -0.25) is 0 Å². The molecule has 18 heavy (non-hydrogen) atoms. The van der Waals surface area contributed by atoms with Gasteiger partial charge in [0.2, 0.25) is 0 Å². The normalized spacial score (nSPS) is 8.94. The van der Waals surface area contributed by atoms with E-state index in [0.29, 0.717) is 0 Å². The smallest absolute Gasteiger partial charge is 0.122 e. The Morgan fingerprint density at radius 2 is 1.50 bits per heavy atom. The average molecular weight is 238 g/mol. The Morgan fingerprint density at radius 1 is 0.889 bits per heavy atom. The molecule has 0 aliphatic heterocycles. The summed E-state index contributed by atoms with van der Waals surface area (Å²) in [5.41, 5.74) is 3.25. The first-order chi connectivity index (χ1) is 8.67. The predicted octanol–water partition coefficient (Wildman–Crippen LogP) is 4.67. The molecule has 0 aromatic heterocycles. The lowest BCUT2D eigenvalue weighted by Gasteiger charge is -1.93. The molecule has 2 rings (SSSR count). The molecule has 1 heteroatoms. The Balaban J connectivity index is 0.000000180. The summed E-state index contributed by atoms with van der Waals surface area (Å²) >= 11 is 0. The van der Waals surface area contributed by atoms with E-state index in [-0.39, 0.29) is 5.75 Å². The van der Waals surface area contributed by atoms with Gasteiger partial charge in [0.1, 0.15) is 5.75 Å².